The monoisotopic (exact) mass is 287 g/mol. The highest BCUT2D eigenvalue weighted by Crippen LogP contribution is 2.27. The molecule has 114 valence electrons. The number of H-pyrrole nitrogens is 1. The third-order valence-corrected chi connectivity index (χ3v) is 4.92. The molecule has 0 spiro atoms. The van der Waals surface area contributed by atoms with Crippen LogP contribution >= 0.6 is 0 Å². The van der Waals surface area contributed by atoms with Crippen molar-refractivity contribution in [2.24, 2.45) is 0 Å². The van der Waals surface area contributed by atoms with Crippen LogP contribution in [0.4, 0.5) is 0 Å². The standard InChI is InChI=1S/C17H25N3O/c1-12-5-3-4-9-20(12)10-8-17(21)14-6-7-16-15(13(14)2)11-18-19-16/h6-7,11-12,17,21H,3-5,8-10H2,1-2H3,(H,18,19). The first-order chi connectivity index (χ1) is 10.2. The number of benzene rings is 1. The number of likely N-dealkylation sites (tertiary alicyclic amines) is 1. The summed E-state index contributed by atoms with van der Waals surface area (Å²) < 4.78 is 0. The highest BCUT2D eigenvalue weighted by atomic mass is 16.3. The van der Waals surface area contributed by atoms with Crippen molar-refractivity contribution in [3.63, 3.8) is 0 Å². The van der Waals surface area contributed by atoms with Crippen molar-refractivity contribution in [2.45, 2.75) is 51.7 Å². The van der Waals surface area contributed by atoms with E-state index in [0.29, 0.717) is 6.04 Å². The average Bonchev–Trinajstić information content (AvgIpc) is 2.96. The largest absolute Gasteiger partial charge is 0.388 e. The van der Waals surface area contributed by atoms with E-state index >= 15 is 0 Å². The van der Waals surface area contributed by atoms with E-state index in [1.165, 1.54) is 25.8 Å². The van der Waals surface area contributed by atoms with Crippen LogP contribution in [-0.2, 0) is 0 Å². The maximum Gasteiger partial charge on any atom is 0.0805 e. The second-order valence-electron chi connectivity index (χ2n) is 6.30. The predicted molar refractivity (Wildman–Crippen MR) is 85.3 cm³/mol. The van der Waals surface area contributed by atoms with E-state index in [-0.39, 0.29) is 0 Å². The number of aryl methyl sites for hydroxylation is 1. The van der Waals surface area contributed by atoms with Gasteiger partial charge in [-0.15, -0.1) is 0 Å². The van der Waals surface area contributed by atoms with Crippen molar-refractivity contribution in [2.75, 3.05) is 13.1 Å². The fourth-order valence-corrected chi connectivity index (χ4v) is 3.47. The van der Waals surface area contributed by atoms with E-state index in [0.717, 1.165) is 35.0 Å². The Labute approximate surface area is 126 Å². The molecule has 1 aromatic heterocycles. The Morgan fingerprint density at radius 1 is 1.43 bits per heavy atom. The molecule has 21 heavy (non-hydrogen) atoms. The third kappa shape index (κ3) is 2.97. The number of fused-ring (bicyclic) bond motifs is 1. The molecule has 0 amide bonds. The zero-order chi connectivity index (χ0) is 14.8. The van der Waals surface area contributed by atoms with Gasteiger partial charge in [-0.2, -0.15) is 5.10 Å². The Morgan fingerprint density at radius 2 is 2.29 bits per heavy atom. The minimum absolute atomic E-state index is 0.390. The fraction of sp³-hybridized carbons (Fsp3) is 0.588. The summed E-state index contributed by atoms with van der Waals surface area (Å²) in [6, 6.07) is 4.70. The molecule has 2 aromatic rings. The fourth-order valence-electron chi connectivity index (χ4n) is 3.47. The molecule has 3 rings (SSSR count). The van der Waals surface area contributed by atoms with Gasteiger partial charge >= 0.3 is 0 Å². The Kier molecular flexibility index (Phi) is 4.27. The van der Waals surface area contributed by atoms with Crippen LogP contribution in [0.3, 0.4) is 0 Å². The topological polar surface area (TPSA) is 52.1 Å². The van der Waals surface area contributed by atoms with Gasteiger partial charge < -0.3 is 10.0 Å². The summed E-state index contributed by atoms with van der Waals surface area (Å²) in [7, 11) is 0. The normalized spacial score (nSPS) is 21.8. The quantitative estimate of drug-likeness (QED) is 0.908. The minimum Gasteiger partial charge on any atom is -0.388 e. The molecule has 0 bridgehead atoms. The van der Waals surface area contributed by atoms with Crippen molar-refractivity contribution in [1.29, 1.82) is 0 Å². The number of piperidine rings is 1. The Hall–Kier alpha value is -1.39. The molecule has 2 N–H and O–H groups in total. The van der Waals surface area contributed by atoms with Gasteiger partial charge in [-0.1, -0.05) is 12.5 Å². The molecule has 2 unspecified atom stereocenters. The zero-order valence-electron chi connectivity index (χ0n) is 13.0. The van der Waals surface area contributed by atoms with E-state index < -0.39 is 6.10 Å². The van der Waals surface area contributed by atoms with Crippen LogP contribution in [0.5, 0.6) is 0 Å². The van der Waals surface area contributed by atoms with Crippen LogP contribution in [0.15, 0.2) is 18.3 Å². The van der Waals surface area contributed by atoms with Crippen LogP contribution < -0.4 is 0 Å². The molecule has 1 aromatic carbocycles. The predicted octanol–water partition coefficient (Wildman–Crippen LogP) is 3.17. The summed E-state index contributed by atoms with van der Waals surface area (Å²) in [6.07, 6.45) is 6.17. The molecule has 1 aliphatic heterocycles. The van der Waals surface area contributed by atoms with Gasteiger partial charge in [0.2, 0.25) is 0 Å². The van der Waals surface area contributed by atoms with Gasteiger partial charge in [0, 0.05) is 18.0 Å². The molecule has 2 atom stereocenters. The summed E-state index contributed by atoms with van der Waals surface area (Å²) in [5.41, 5.74) is 3.21. The van der Waals surface area contributed by atoms with Gasteiger partial charge in [0.15, 0.2) is 0 Å². The lowest BCUT2D eigenvalue weighted by atomic mass is 9.97. The second-order valence-corrected chi connectivity index (χ2v) is 6.30. The maximum absolute atomic E-state index is 10.6. The lowest BCUT2D eigenvalue weighted by molar-refractivity contribution is 0.109. The number of rotatable bonds is 4. The molecule has 1 aliphatic rings. The van der Waals surface area contributed by atoms with Crippen molar-refractivity contribution < 1.29 is 5.11 Å². The number of nitrogens with one attached hydrogen (secondary N) is 1. The lowest BCUT2D eigenvalue weighted by Crippen LogP contribution is -2.38. The molecule has 4 heteroatoms. The zero-order valence-corrected chi connectivity index (χ0v) is 13.0. The van der Waals surface area contributed by atoms with Gasteiger partial charge in [-0.05, 0) is 56.8 Å². The van der Waals surface area contributed by atoms with E-state index in [1.807, 2.05) is 18.3 Å². The first kappa shape index (κ1) is 14.5. The smallest absolute Gasteiger partial charge is 0.0805 e. The van der Waals surface area contributed by atoms with Crippen LogP contribution in [0.1, 0.15) is 49.8 Å². The van der Waals surface area contributed by atoms with E-state index in [1.54, 1.807) is 0 Å². The van der Waals surface area contributed by atoms with Crippen molar-refractivity contribution in [3.05, 3.63) is 29.5 Å². The van der Waals surface area contributed by atoms with Crippen LogP contribution in [-0.4, -0.2) is 39.3 Å². The first-order valence-electron chi connectivity index (χ1n) is 8.01. The van der Waals surface area contributed by atoms with Crippen LogP contribution in [0.25, 0.3) is 10.9 Å². The molecule has 1 saturated heterocycles. The Bertz CT molecular complexity index is 607. The molecule has 4 nitrogen and oxygen atoms in total. The first-order valence-corrected chi connectivity index (χ1v) is 8.01. The van der Waals surface area contributed by atoms with E-state index in [2.05, 4.69) is 28.9 Å². The van der Waals surface area contributed by atoms with E-state index in [4.69, 9.17) is 0 Å². The molecule has 1 fully saturated rings. The Balaban J connectivity index is 1.68. The average molecular weight is 287 g/mol. The van der Waals surface area contributed by atoms with Crippen molar-refractivity contribution >= 4 is 10.9 Å². The van der Waals surface area contributed by atoms with Crippen molar-refractivity contribution in [3.8, 4) is 0 Å². The van der Waals surface area contributed by atoms with Crippen LogP contribution in [0.2, 0.25) is 0 Å². The lowest BCUT2D eigenvalue weighted by Gasteiger charge is -2.33. The number of hydrogen-bond donors (Lipinski definition) is 2. The Morgan fingerprint density at radius 3 is 3.10 bits per heavy atom. The van der Waals surface area contributed by atoms with E-state index in [9.17, 15) is 5.11 Å². The van der Waals surface area contributed by atoms with Gasteiger partial charge in [0.05, 0.1) is 17.8 Å². The SMILES string of the molecule is Cc1c(C(O)CCN2CCCCC2C)ccc2[nH]ncc12. The second kappa shape index (κ2) is 6.16. The number of aromatic amines is 1. The number of nitrogens with zero attached hydrogens (tertiary/aromatic N) is 2. The summed E-state index contributed by atoms with van der Waals surface area (Å²) in [5.74, 6) is 0. The van der Waals surface area contributed by atoms with Gasteiger partial charge in [-0.25, -0.2) is 0 Å². The van der Waals surface area contributed by atoms with Gasteiger partial charge in [-0.3, -0.25) is 5.10 Å². The summed E-state index contributed by atoms with van der Waals surface area (Å²) >= 11 is 0. The molecule has 0 radical (unpaired) electrons. The number of aromatic nitrogens is 2. The number of aliphatic hydroxyl groups is 1. The summed E-state index contributed by atoms with van der Waals surface area (Å²) in [5, 5.41) is 18.7. The van der Waals surface area contributed by atoms with Gasteiger partial charge in [0.25, 0.3) is 0 Å². The van der Waals surface area contributed by atoms with Crippen molar-refractivity contribution in [1.82, 2.24) is 15.1 Å². The van der Waals surface area contributed by atoms with Gasteiger partial charge in [0.1, 0.15) is 0 Å². The molecular formula is C17H25N3O. The number of aliphatic hydroxyl groups excluding tert-OH is 1. The molecule has 0 aliphatic carbocycles. The van der Waals surface area contributed by atoms with Crippen LogP contribution in [0, 0.1) is 6.92 Å². The molecule has 0 saturated carbocycles. The molecule has 2 heterocycles. The third-order valence-electron chi connectivity index (χ3n) is 4.92. The summed E-state index contributed by atoms with van der Waals surface area (Å²) in [4.78, 5) is 2.51. The summed E-state index contributed by atoms with van der Waals surface area (Å²) in [6.45, 7) is 6.52. The molecular weight excluding hydrogens is 262 g/mol. The maximum atomic E-state index is 10.6. The highest BCUT2D eigenvalue weighted by molar-refractivity contribution is 5.82. The minimum atomic E-state index is -0.390. The number of hydrogen-bond acceptors (Lipinski definition) is 3. The highest BCUT2D eigenvalue weighted by Gasteiger charge is 2.20.